The van der Waals surface area contributed by atoms with Gasteiger partial charge in [0.1, 0.15) is 30.7 Å². The summed E-state index contributed by atoms with van der Waals surface area (Å²) in [6.07, 6.45) is -6.12. The molecule has 7 N–H and O–H groups in total. The molecule has 3 heterocycles. The van der Waals surface area contributed by atoms with Crippen molar-refractivity contribution in [3.05, 3.63) is 40.2 Å². The van der Waals surface area contributed by atoms with Gasteiger partial charge in [0.15, 0.2) is 22.5 Å². The maximum atomic E-state index is 12.4. The van der Waals surface area contributed by atoms with Crippen LogP contribution in [0.2, 0.25) is 0 Å². The zero-order valence-corrected chi connectivity index (χ0v) is 20.5. The topological polar surface area (TPSA) is 215 Å². The zero-order valence-electron chi connectivity index (χ0n) is 19.7. The molecule has 5 atom stereocenters. The second-order valence-electron chi connectivity index (χ2n) is 8.14. The fraction of sp³-hybridized carbons (Fsp3) is 0.455. The molecule has 15 heteroatoms. The van der Waals surface area contributed by atoms with Crippen molar-refractivity contribution < 1.29 is 39.4 Å². The maximum absolute atomic E-state index is 12.4. The van der Waals surface area contributed by atoms with Crippen molar-refractivity contribution >= 4 is 34.8 Å². The molecule has 0 spiro atoms. The van der Waals surface area contributed by atoms with Crippen LogP contribution in [0.15, 0.2) is 34.2 Å². The van der Waals surface area contributed by atoms with Crippen LogP contribution in [0, 0.1) is 0 Å². The summed E-state index contributed by atoms with van der Waals surface area (Å²) >= 11 is 1.03. The number of nitrogens with one attached hydrogen (secondary N) is 1. The number of nitrogens with two attached hydrogens (primary N) is 1. The number of carbonyl (C=O) groups excluding carboxylic acids is 1. The lowest BCUT2D eigenvalue weighted by atomic mass is 10.1. The standard InChI is InChI=1S/C22H27N5O9S/c1-2-34-20(33)10-3-5-12(6-4-10)35-8-11(29)9-37-22-24-14-17(25-21(23)26-18(14)32)27(22)19-16(31)15(30)13(7-28)36-19/h3-6,11,13,15-16,19,28-31H,2,7-9H2,1H3,(H3,23,25,26,32)/t11-,13+,15+,16+,19+/m0/s1. The second kappa shape index (κ2) is 11.5. The van der Waals surface area contributed by atoms with Crippen LogP contribution in [0.5, 0.6) is 5.75 Å². The third-order valence-corrected chi connectivity index (χ3v) is 6.62. The van der Waals surface area contributed by atoms with E-state index >= 15 is 0 Å². The molecule has 0 bridgehead atoms. The number of thioether (sulfide) groups is 1. The van der Waals surface area contributed by atoms with E-state index in [0.717, 1.165) is 11.8 Å². The summed E-state index contributed by atoms with van der Waals surface area (Å²) in [6, 6.07) is 6.26. The Morgan fingerprint density at radius 1 is 1.27 bits per heavy atom. The normalized spacial score (nSPS) is 22.3. The third-order valence-electron chi connectivity index (χ3n) is 5.52. The molecular weight excluding hydrogens is 510 g/mol. The largest absolute Gasteiger partial charge is 0.491 e. The van der Waals surface area contributed by atoms with Crippen molar-refractivity contribution in [1.29, 1.82) is 0 Å². The summed E-state index contributed by atoms with van der Waals surface area (Å²) in [5.74, 6) is -0.143. The molecule has 0 unspecified atom stereocenters. The van der Waals surface area contributed by atoms with E-state index in [1.165, 1.54) is 4.57 Å². The summed E-state index contributed by atoms with van der Waals surface area (Å²) in [5.41, 5.74) is 5.36. The molecule has 1 saturated heterocycles. The number of hydrogen-bond donors (Lipinski definition) is 6. The van der Waals surface area contributed by atoms with Gasteiger partial charge in [-0.15, -0.1) is 0 Å². The van der Waals surface area contributed by atoms with Gasteiger partial charge < -0.3 is 40.4 Å². The average molecular weight is 538 g/mol. The van der Waals surface area contributed by atoms with Crippen LogP contribution in [0.25, 0.3) is 11.2 Å². The van der Waals surface area contributed by atoms with Crippen molar-refractivity contribution in [2.45, 2.75) is 42.7 Å². The number of anilines is 1. The summed E-state index contributed by atoms with van der Waals surface area (Å²) < 4.78 is 17.4. The number of nitrogen functional groups attached to an aromatic ring is 1. The number of fused-ring (bicyclic) bond motifs is 1. The van der Waals surface area contributed by atoms with Gasteiger partial charge in [-0.05, 0) is 31.2 Å². The summed E-state index contributed by atoms with van der Waals surface area (Å²) in [5, 5.41) is 40.8. The fourth-order valence-corrected chi connectivity index (χ4v) is 4.64. The Bertz CT molecular complexity index is 1300. The molecule has 3 aromatic rings. The Kier molecular flexibility index (Phi) is 8.31. The first-order valence-electron chi connectivity index (χ1n) is 11.3. The van der Waals surface area contributed by atoms with Gasteiger partial charge in [0, 0.05) is 5.75 Å². The lowest BCUT2D eigenvalue weighted by Gasteiger charge is -2.19. The van der Waals surface area contributed by atoms with Gasteiger partial charge in [-0.25, -0.2) is 9.78 Å². The third kappa shape index (κ3) is 5.71. The first kappa shape index (κ1) is 26.8. The quantitative estimate of drug-likeness (QED) is 0.136. The lowest BCUT2D eigenvalue weighted by molar-refractivity contribution is -0.0548. The van der Waals surface area contributed by atoms with Crippen LogP contribution in [-0.4, -0.2) is 95.9 Å². The van der Waals surface area contributed by atoms with Gasteiger partial charge in [0.2, 0.25) is 5.95 Å². The molecule has 37 heavy (non-hydrogen) atoms. The van der Waals surface area contributed by atoms with Gasteiger partial charge in [-0.2, -0.15) is 4.98 Å². The minimum Gasteiger partial charge on any atom is -0.491 e. The Balaban J connectivity index is 1.48. The molecule has 1 aliphatic rings. The number of aliphatic hydroxyl groups is 4. The van der Waals surface area contributed by atoms with Crippen LogP contribution in [-0.2, 0) is 9.47 Å². The number of imidazole rings is 1. The molecule has 4 rings (SSSR count). The smallest absolute Gasteiger partial charge is 0.338 e. The number of esters is 1. The van der Waals surface area contributed by atoms with Crippen LogP contribution >= 0.6 is 11.8 Å². The van der Waals surface area contributed by atoms with Gasteiger partial charge in [-0.3, -0.25) is 14.3 Å². The van der Waals surface area contributed by atoms with Crippen LogP contribution in [0.4, 0.5) is 5.95 Å². The predicted molar refractivity (Wildman–Crippen MR) is 130 cm³/mol. The number of rotatable bonds is 10. The van der Waals surface area contributed by atoms with Crippen LogP contribution in [0.1, 0.15) is 23.5 Å². The number of aliphatic hydroxyl groups excluding tert-OH is 4. The Labute approximate surface area is 214 Å². The van der Waals surface area contributed by atoms with Crippen molar-refractivity contribution in [3.63, 3.8) is 0 Å². The zero-order chi connectivity index (χ0) is 26.7. The van der Waals surface area contributed by atoms with E-state index in [-0.39, 0.29) is 41.2 Å². The van der Waals surface area contributed by atoms with Crippen molar-refractivity contribution in [1.82, 2.24) is 19.5 Å². The summed E-state index contributed by atoms with van der Waals surface area (Å²) in [6.45, 7) is 1.34. The van der Waals surface area contributed by atoms with E-state index in [0.29, 0.717) is 11.3 Å². The number of carbonyl (C=O) groups is 1. The molecule has 1 fully saturated rings. The molecule has 14 nitrogen and oxygen atoms in total. The minimum absolute atomic E-state index is 0.00557. The van der Waals surface area contributed by atoms with Gasteiger partial charge in [-0.1, -0.05) is 11.8 Å². The average Bonchev–Trinajstić information content (AvgIpc) is 3.38. The lowest BCUT2D eigenvalue weighted by Crippen LogP contribution is -2.33. The second-order valence-corrected chi connectivity index (χ2v) is 9.12. The minimum atomic E-state index is -1.46. The number of ether oxygens (including phenoxy) is 3. The number of nitrogens with zero attached hydrogens (tertiary/aromatic N) is 3. The van der Waals surface area contributed by atoms with Gasteiger partial charge in [0.05, 0.1) is 24.9 Å². The molecule has 0 amide bonds. The molecule has 0 radical (unpaired) electrons. The van der Waals surface area contributed by atoms with E-state index in [9.17, 15) is 30.0 Å². The molecule has 200 valence electrons. The maximum Gasteiger partial charge on any atom is 0.338 e. The molecule has 1 aromatic carbocycles. The number of hydrogen-bond acceptors (Lipinski definition) is 13. The molecule has 2 aromatic heterocycles. The number of aromatic nitrogens is 4. The fourth-order valence-electron chi connectivity index (χ4n) is 3.72. The van der Waals surface area contributed by atoms with Crippen molar-refractivity contribution in [2.75, 3.05) is 31.3 Å². The Morgan fingerprint density at radius 2 is 2.00 bits per heavy atom. The first-order valence-corrected chi connectivity index (χ1v) is 12.3. The number of benzene rings is 1. The van der Waals surface area contributed by atoms with E-state index in [4.69, 9.17) is 19.9 Å². The Hall–Kier alpha value is -3.21. The van der Waals surface area contributed by atoms with Crippen molar-refractivity contribution in [2.24, 2.45) is 0 Å². The van der Waals surface area contributed by atoms with E-state index in [2.05, 4.69) is 15.0 Å². The van der Waals surface area contributed by atoms with E-state index in [1.54, 1.807) is 31.2 Å². The highest BCUT2D eigenvalue weighted by molar-refractivity contribution is 7.99. The predicted octanol–water partition coefficient (Wildman–Crippen LogP) is -0.978. The van der Waals surface area contributed by atoms with E-state index in [1.807, 2.05) is 0 Å². The SMILES string of the molecule is CCOC(=O)c1ccc(OC[C@H](O)CSc2nc3c(=O)[nH]c(N)nc3n2[C@@H]2O[C@H](CO)[C@@H](O)[C@H]2O)cc1. The Morgan fingerprint density at radius 3 is 2.65 bits per heavy atom. The molecular formula is C22H27N5O9S. The summed E-state index contributed by atoms with van der Waals surface area (Å²) in [4.78, 5) is 34.9. The monoisotopic (exact) mass is 537 g/mol. The van der Waals surface area contributed by atoms with Gasteiger partial charge in [0.25, 0.3) is 5.56 Å². The summed E-state index contributed by atoms with van der Waals surface area (Å²) in [7, 11) is 0. The van der Waals surface area contributed by atoms with Crippen LogP contribution in [0.3, 0.4) is 0 Å². The highest BCUT2D eigenvalue weighted by Crippen LogP contribution is 2.35. The highest BCUT2D eigenvalue weighted by atomic mass is 32.2. The van der Waals surface area contributed by atoms with Crippen molar-refractivity contribution in [3.8, 4) is 5.75 Å². The molecule has 1 aliphatic heterocycles. The molecule has 0 saturated carbocycles. The van der Waals surface area contributed by atoms with E-state index < -0.39 is 48.8 Å². The molecule has 0 aliphatic carbocycles. The number of H-pyrrole nitrogens is 1. The highest BCUT2D eigenvalue weighted by Gasteiger charge is 2.45. The van der Waals surface area contributed by atoms with Crippen LogP contribution < -0.4 is 16.0 Å². The number of aromatic amines is 1. The first-order chi connectivity index (χ1) is 17.7. The van der Waals surface area contributed by atoms with Gasteiger partial charge >= 0.3 is 5.97 Å².